The summed E-state index contributed by atoms with van der Waals surface area (Å²) in [6.07, 6.45) is 4.91. The topological polar surface area (TPSA) is 145 Å². The molecule has 4 aliphatic carbocycles. The van der Waals surface area contributed by atoms with Crippen molar-refractivity contribution in [1.29, 1.82) is 0 Å². The lowest BCUT2D eigenvalue weighted by Gasteiger charge is -2.63. The first-order valence-corrected chi connectivity index (χ1v) is 16.9. The first-order chi connectivity index (χ1) is 20.0. The zero-order chi connectivity index (χ0) is 33.3. The molecule has 0 radical (unpaired) electrons. The van der Waals surface area contributed by atoms with Gasteiger partial charge in [0.15, 0.2) is 0 Å². The Morgan fingerprint density at radius 3 is 2.18 bits per heavy atom. The fraction of sp³-hybridized carbons (Fsp3) is 0.889. The van der Waals surface area contributed by atoms with Gasteiger partial charge in [-0.25, -0.2) is 0 Å². The molecule has 8 nitrogen and oxygen atoms in total. The Bertz CT molecular complexity index is 1150. The van der Waals surface area contributed by atoms with Gasteiger partial charge in [-0.2, -0.15) is 0 Å². The molecule has 0 aromatic heterocycles. The highest BCUT2D eigenvalue weighted by atomic mass is 16.6. The van der Waals surface area contributed by atoms with Crippen molar-refractivity contribution in [2.24, 2.45) is 39.4 Å². The molecular weight excluding hydrogens is 560 g/mol. The van der Waals surface area contributed by atoms with Crippen LogP contribution in [0.25, 0.3) is 0 Å². The molecule has 4 aliphatic rings. The number of allylic oxidation sites excluding steroid dienone is 2. The third-order valence-electron chi connectivity index (χ3n) is 13.5. The molecule has 4 rings (SSSR count). The number of ether oxygens (including phenoxy) is 1. The van der Waals surface area contributed by atoms with E-state index in [0.29, 0.717) is 24.7 Å². The van der Waals surface area contributed by atoms with Gasteiger partial charge in [-0.15, -0.1) is 0 Å². The van der Waals surface area contributed by atoms with Crippen molar-refractivity contribution in [2.75, 3.05) is 0 Å². The van der Waals surface area contributed by atoms with Crippen LogP contribution >= 0.6 is 0 Å². The summed E-state index contributed by atoms with van der Waals surface area (Å²) >= 11 is 0. The van der Waals surface area contributed by atoms with Crippen molar-refractivity contribution >= 4 is 11.9 Å². The fourth-order valence-electron chi connectivity index (χ4n) is 10.7. The molecule has 0 unspecified atom stereocenters. The molecule has 0 aliphatic heterocycles. The Morgan fingerprint density at radius 1 is 0.955 bits per heavy atom. The minimum absolute atomic E-state index is 0.0459. The number of aliphatic hydroxyl groups excluding tert-OH is 2. The molecule has 2 saturated carbocycles. The second-order valence-electron chi connectivity index (χ2n) is 17.3. The van der Waals surface area contributed by atoms with Crippen molar-refractivity contribution in [2.45, 2.75) is 162 Å². The van der Waals surface area contributed by atoms with E-state index in [4.69, 9.17) is 9.84 Å². The molecule has 0 aromatic rings. The second-order valence-corrected chi connectivity index (χ2v) is 17.3. The van der Waals surface area contributed by atoms with Gasteiger partial charge in [-0.3, -0.25) is 9.59 Å². The fourth-order valence-corrected chi connectivity index (χ4v) is 10.7. The smallest absolute Gasteiger partial charge is 0.309 e. The maximum atomic E-state index is 13.0. The Morgan fingerprint density at radius 2 is 1.59 bits per heavy atom. The quantitative estimate of drug-likeness (QED) is 0.153. The molecule has 5 N–H and O–H groups in total. The average Bonchev–Trinajstić information content (AvgIpc) is 3.15. The number of carboxylic acids is 1. The van der Waals surface area contributed by atoms with Crippen molar-refractivity contribution < 1.29 is 39.9 Å². The third-order valence-corrected chi connectivity index (χ3v) is 13.5. The normalized spacial score (nSPS) is 39.4. The Labute approximate surface area is 264 Å². The lowest BCUT2D eigenvalue weighted by molar-refractivity contribution is -0.192. The van der Waals surface area contributed by atoms with Crippen molar-refractivity contribution in [1.82, 2.24) is 0 Å². The zero-order valence-corrected chi connectivity index (χ0v) is 28.7. The molecule has 10 atom stereocenters. The number of rotatable bonds is 10. The zero-order valence-electron chi connectivity index (χ0n) is 28.7. The Hall–Kier alpha value is -1.48. The number of aliphatic hydroxyl groups is 4. The summed E-state index contributed by atoms with van der Waals surface area (Å²) in [4.78, 5) is 24.1. The van der Waals surface area contributed by atoms with Gasteiger partial charge < -0.3 is 30.3 Å². The number of esters is 1. The van der Waals surface area contributed by atoms with E-state index in [1.54, 1.807) is 19.4 Å². The summed E-state index contributed by atoms with van der Waals surface area (Å²) in [5.74, 6) is -0.696. The first kappa shape index (κ1) is 35.4. The van der Waals surface area contributed by atoms with Gasteiger partial charge in [0.05, 0.1) is 36.3 Å². The van der Waals surface area contributed by atoms with Crippen LogP contribution in [0.5, 0.6) is 0 Å². The van der Waals surface area contributed by atoms with Gasteiger partial charge in [0.25, 0.3) is 0 Å². The lowest BCUT2D eigenvalue weighted by Crippen LogP contribution is -2.60. The largest absolute Gasteiger partial charge is 0.481 e. The summed E-state index contributed by atoms with van der Waals surface area (Å²) in [6, 6.07) is 0. The van der Waals surface area contributed by atoms with E-state index in [9.17, 15) is 30.0 Å². The Kier molecular flexibility index (Phi) is 9.36. The molecule has 0 spiro atoms. The second kappa shape index (κ2) is 11.6. The molecule has 8 heteroatoms. The lowest BCUT2D eigenvalue weighted by atomic mass is 9.43. The number of fused-ring (bicyclic) bond motifs is 4. The molecule has 44 heavy (non-hydrogen) atoms. The van der Waals surface area contributed by atoms with Crippen molar-refractivity contribution in [3.63, 3.8) is 0 Å². The van der Waals surface area contributed by atoms with Gasteiger partial charge in [-0.05, 0) is 118 Å². The predicted molar refractivity (Wildman–Crippen MR) is 169 cm³/mol. The maximum absolute atomic E-state index is 13.0. The highest BCUT2D eigenvalue weighted by Crippen LogP contribution is 2.72. The maximum Gasteiger partial charge on any atom is 0.309 e. The van der Waals surface area contributed by atoms with Crippen LogP contribution in [-0.4, -0.2) is 67.0 Å². The molecule has 0 bridgehead atoms. The van der Waals surface area contributed by atoms with Crippen LogP contribution in [0.15, 0.2) is 11.1 Å². The minimum Gasteiger partial charge on any atom is -0.481 e. The van der Waals surface area contributed by atoms with Gasteiger partial charge in [0, 0.05) is 0 Å². The van der Waals surface area contributed by atoms with Crippen molar-refractivity contribution in [3.05, 3.63) is 11.1 Å². The minimum atomic E-state index is -1.73. The highest BCUT2D eigenvalue weighted by molar-refractivity contribution is 5.74. The number of aliphatic carboxylic acids is 1. The first-order valence-electron chi connectivity index (χ1n) is 16.9. The van der Waals surface area contributed by atoms with Gasteiger partial charge in [0.1, 0.15) is 6.10 Å². The van der Waals surface area contributed by atoms with Gasteiger partial charge in [-0.1, -0.05) is 52.7 Å². The third kappa shape index (κ3) is 6.02. The van der Waals surface area contributed by atoms with Crippen LogP contribution in [0.4, 0.5) is 0 Å². The summed E-state index contributed by atoms with van der Waals surface area (Å²) in [5.41, 5.74) is -0.363. The number of hydrogen-bond donors (Lipinski definition) is 5. The monoisotopic (exact) mass is 620 g/mol. The SMILES string of the molecule is C[C@H](CC[C@@H](O)C(C)(C)O)[C@H]1CC[C@@]2(C)C3=C(CC[C@]12C)[C@@]1(C)C[C@@H](OC(=O)C[C@@](C)(O)CC(=O)O)[C@H](O)C(C)(C)[C@@H]1CC3. The number of carboxylic acid groups (broad SMARTS) is 1. The van der Waals surface area contributed by atoms with E-state index in [2.05, 4.69) is 41.5 Å². The van der Waals surface area contributed by atoms with E-state index < -0.39 is 59.7 Å². The molecule has 0 amide bonds. The van der Waals surface area contributed by atoms with E-state index in [1.807, 2.05) is 0 Å². The van der Waals surface area contributed by atoms with Crippen LogP contribution in [0, 0.1) is 39.4 Å². The molecule has 0 saturated heterocycles. The van der Waals surface area contributed by atoms with E-state index in [-0.39, 0.29) is 22.2 Å². The summed E-state index contributed by atoms with van der Waals surface area (Å²) < 4.78 is 5.90. The Balaban J connectivity index is 1.60. The van der Waals surface area contributed by atoms with Gasteiger partial charge >= 0.3 is 11.9 Å². The standard InChI is InChI=1S/C36H60O8/c1-21(10-13-27(37)32(4,5)42)22-14-16-36(9)24-11-12-26-31(2,3)30(41)25(44-29(40)20-33(6,43)19-28(38)39)18-34(26,7)23(24)15-17-35(22,36)8/h21-22,25-27,30,37,41-43H,10-20H2,1-9H3,(H,38,39)/t21-,22-,25-,26+,27-,30+,33+,34-,35-,36+/m1/s1. The highest BCUT2D eigenvalue weighted by Gasteiger charge is 2.65. The summed E-state index contributed by atoms with van der Waals surface area (Å²) in [6.45, 7) is 18.4. The average molecular weight is 621 g/mol. The summed E-state index contributed by atoms with van der Waals surface area (Å²) in [7, 11) is 0. The van der Waals surface area contributed by atoms with E-state index in [0.717, 1.165) is 44.9 Å². The molecule has 0 aromatic carbocycles. The van der Waals surface area contributed by atoms with Crippen LogP contribution in [0.2, 0.25) is 0 Å². The number of hydrogen-bond acceptors (Lipinski definition) is 7. The number of carbonyl (C=O) groups is 2. The van der Waals surface area contributed by atoms with E-state index in [1.165, 1.54) is 12.5 Å². The molecular formula is C36H60O8. The van der Waals surface area contributed by atoms with Gasteiger partial charge in [0.2, 0.25) is 0 Å². The molecule has 2 fully saturated rings. The van der Waals surface area contributed by atoms with E-state index >= 15 is 0 Å². The number of carbonyl (C=O) groups excluding carboxylic acids is 1. The van der Waals surface area contributed by atoms with Crippen LogP contribution < -0.4 is 0 Å². The predicted octanol–water partition coefficient (Wildman–Crippen LogP) is 5.78. The summed E-state index contributed by atoms with van der Waals surface area (Å²) in [5, 5.41) is 51.9. The van der Waals surface area contributed by atoms with Crippen molar-refractivity contribution in [3.8, 4) is 0 Å². The van der Waals surface area contributed by atoms with Crippen LogP contribution in [0.3, 0.4) is 0 Å². The molecule has 0 heterocycles. The van der Waals surface area contributed by atoms with Crippen LogP contribution in [0.1, 0.15) is 133 Å². The molecule has 252 valence electrons. The van der Waals surface area contributed by atoms with Crippen LogP contribution in [-0.2, 0) is 14.3 Å².